The lowest BCUT2D eigenvalue weighted by atomic mass is 10.1. The van der Waals surface area contributed by atoms with Gasteiger partial charge < -0.3 is 24.6 Å². The number of ether oxygens (including phenoxy) is 2. The van der Waals surface area contributed by atoms with Crippen molar-refractivity contribution in [2.45, 2.75) is 53.1 Å². The van der Waals surface area contributed by atoms with Crippen molar-refractivity contribution in [1.82, 2.24) is 4.98 Å². The molecule has 0 amide bonds. The van der Waals surface area contributed by atoms with Crippen molar-refractivity contribution in [2.24, 2.45) is 4.74 Å². The zero-order valence-electron chi connectivity index (χ0n) is 19.4. The zero-order valence-corrected chi connectivity index (χ0v) is 20.3. The Hall–Kier alpha value is -3.26. The van der Waals surface area contributed by atoms with Crippen LogP contribution in [0.15, 0.2) is 47.3 Å². The second-order valence-electron chi connectivity index (χ2n) is 7.86. The number of hydrogen-bond acceptors (Lipinski definition) is 9. The van der Waals surface area contributed by atoms with Gasteiger partial charge in [0.15, 0.2) is 11.8 Å². The standard InChI is InChI=1S/C24H27N2O7P/c1-14(2)32-24(29)16(4)26-34(30)33-23-19-8-6-5-7-17(19)9-10-21(23)31-13-18-11-25-15(3)22(28)20(18)12-27/h5-11,14,16,27-28H,12-13H2,1-4H3/t16-/m0/s1. The molecule has 180 valence electrons. The van der Waals surface area contributed by atoms with Gasteiger partial charge in [-0.1, -0.05) is 35.1 Å². The molecule has 34 heavy (non-hydrogen) atoms. The molecule has 2 N–H and O–H groups in total. The fourth-order valence-corrected chi connectivity index (χ4v) is 3.96. The summed E-state index contributed by atoms with van der Waals surface area (Å²) in [7, 11) is -2.63. The Balaban J connectivity index is 1.91. The molecule has 9 nitrogen and oxygen atoms in total. The Kier molecular flexibility index (Phi) is 8.39. The molecule has 3 rings (SSSR count). The Bertz CT molecular complexity index is 1210. The zero-order chi connectivity index (χ0) is 24.8. The van der Waals surface area contributed by atoms with E-state index in [1.165, 1.54) is 13.1 Å². The highest BCUT2D eigenvalue weighted by Gasteiger charge is 2.22. The lowest BCUT2D eigenvalue weighted by molar-refractivity contribution is -0.170. The van der Waals surface area contributed by atoms with Gasteiger partial charge in [0.05, 0.1) is 18.4 Å². The average Bonchev–Trinajstić information content (AvgIpc) is 2.80. The van der Waals surface area contributed by atoms with E-state index < -0.39 is 20.2 Å². The molecule has 0 aliphatic rings. The molecular formula is C24H27N2O7P. The third-order valence-electron chi connectivity index (χ3n) is 4.94. The largest absolute Gasteiger partial charge is 0.575 e. The molecule has 0 aliphatic carbocycles. The second kappa shape index (κ2) is 11.2. The maximum Gasteiger partial charge on any atom is 0.395 e. The van der Waals surface area contributed by atoms with Crippen molar-refractivity contribution in [2.75, 3.05) is 0 Å². The maximum atomic E-state index is 12.7. The summed E-state index contributed by atoms with van der Waals surface area (Å²) in [5, 5.41) is 21.3. The number of aliphatic hydroxyl groups is 1. The summed E-state index contributed by atoms with van der Waals surface area (Å²) in [5.74, 6) is -0.219. The third kappa shape index (κ3) is 5.99. The highest BCUT2D eigenvalue weighted by atomic mass is 31.1. The first-order valence-electron chi connectivity index (χ1n) is 10.7. The van der Waals surface area contributed by atoms with Crippen molar-refractivity contribution >= 4 is 24.9 Å². The van der Waals surface area contributed by atoms with E-state index in [4.69, 9.17) is 14.0 Å². The number of pyridine rings is 1. The van der Waals surface area contributed by atoms with Crippen LogP contribution in [0.1, 0.15) is 37.6 Å². The van der Waals surface area contributed by atoms with Crippen LogP contribution in [0.2, 0.25) is 0 Å². The van der Waals surface area contributed by atoms with Crippen LogP contribution in [0, 0.1) is 6.92 Å². The highest BCUT2D eigenvalue weighted by Crippen LogP contribution is 2.40. The van der Waals surface area contributed by atoms with Gasteiger partial charge in [0.2, 0.25) is 5.75 Å². The molecule has 0 radical (unpaired) electrons. The quantitative estimate of drug-likeness (QED) is 0.344. The summed E-state index contributed by atoms with van der Waals surface area (Å²) in [5.41, 5.74) is 1.20. The van der Waals surface area contributed by atoms with Gasteiger partial charge in [-0.05, 0) is 39.1 Å². The van der Waals surface area contributed by atoms with Gasteiger partial charge in [-0.2, -0.15) is 0 Å². The molecule has 0 spiro atoms. The highest BCUT2D eigenvalue weighted by molar-refractivity contribution is 7.34. The summed E-state index contributed by atoms with van der Waals surface area (Å²) in [4.78, 5) is 28.8. The van der Waals surface area contributed by atoms with E-state index in [0.717, 1.165) is 5.39 Å². The van der Waals surface area contributed by atoms with Gasteiger partial charge >= 0.3 is 14.1 Å². The van der Waals surface area contributed by atoms with Crippen LogP contribution in [-0.4, -0.2) is 33.3 Å². The van der Waals surface area contributed by atoms with E-state index in [2.05, 4.69) is 9.73 Å². The first-order chi connectivity index (χ1) is 16.2. The number of aromatic nitrogens is 1. The third-order valence-corrected chi connectivity index (χ3v) is 5.82. The first kappa shape index (κ1) is 25.4. The Morgan fingerprint density at radius 3 is 2.65 bits per heavy atom. The van der Waals surface area contributed by atoms with Crippen molar-refractivity contribution in [1.29, 1.82) is 0 Å². The number of carbonyl (C=O) groups excluding carboxylic acids is 1. The molecule has 0 bridgehead atoms. The number of nitrogens with zero attached hydrogens (tertiary/aromatic N) is 2. The normalized spacial score (nSPS) is 12.6. The smallest absolute Gasteiger partial charge is 0.395 e. The van der Waals surface area contributed by atoms with Crippen LogP contribution < -0.4 is 14.2 Å². The van der Waals surface area contributed by atoms with Crippen LogP contribution in [-0.2, 0) is 22.7 Å². The van der Waals surface area contributed by atoms with Crippen molar-refractivity contribution in [3.8, 4) is 17.2 Å². The van der Waals surface area contributed by atoms with E-state index >= 15 is 0 Å². The summed E-state index contributed by atoms with van der Waals surface area (Å²) >= 11 is 0. The van der Waals surface area contributed by atoms with Gasteiger partial charge in [0.25, 0.3) is 0 Å². The van der Waals surface area contributed by atoms with Crippen LogP contribution >= 0.6 is 8.17 Å². The second-order valence-corrected chi connectivity index (χ2v) is 8.75. The Morgan fingerprint density at radius 1 is 1.21 bits per heavy atom. The predicted octanol–water partition coefficient (Wildman–Crippen LogP) is 3.89. The number of hydrogen-bond donors (Lipinski definition) is 2. The van der Waals surface area contributed by atoms with Gasteiger partial charge in [-0.3, -0.25) is 9.51 Å². The van der Waals surface area contributed by atoms with Crippen LogP contribution in [0.5, 0.6) is 17.2 Å². The summed E-state index contributed by atoms with van der Waals surface area (Å²) in [6.45, 7) is 6.13. The number of carbonyl (C=O) groups is 1. The minimum absolute atomic E-state index is 0.0313. The first-order valence-corrected chi connectivity index (χ1v) is 11.8. The summed E-state index contributed by atoms with van der Waals surface area (Å²) in [6.07, 6.45) is 1.20. The predicted molar refractivity (Wildman–Crippen MR) is 126 cm³/mol. The molecule has 2 atom stereocenters. The van der Waals surface area contributed by atoms with Crippen molar-refractivity contribution in [3.63, 3.8) is 0 Å². The molecule has 2 aromatic carbocycles. The van der Waals surface area contributed by atoms with Gasteiger partial charge in [0, 0.05) is 22.7 Å². The molecule has 10 heteroatoms. The van der Waals surface area contributed by atoms with Crippen molar-refractivity contribution in [3.05, 3.63) is 59.4 Å². The van der Waals surface area contributed by atoms with Gasteiger partial charge in [-0.15, -0.1) is 0 Å². The fourth-order valence-electron chi connectivity index (χ4n) is 3.19. The summed E-state index contributed by atoms with van der Waals surface area (Å²) < 4.78 is 20.6. The van der Waals surface area contributed by atoms with E-state index in [1.807, 2.05) is 18.2 Å². The molecule has 0 saturated heterocycles. The monoisotopic (exact) mass is 486 g/mol. The number of benzene rings is 2. The number of esters is 1. The number of aromatic hydroxyl groups is 1. The fraction of sp³-hybridized carbons (Fsp3) is 0.333. The van der Waals surface area contributed by atoms with Crippen LogP contribution in [0.3, 0.4) is 0 Å². The Morgan fingerprint density at radius 2 is 1.94 bits per heavy atom. The molecule has 3 aromatic rings. The van der Waals surface area contributed by atoms with E-state index in [-0.39, 0.29) is 36.6 Å². The Labute approximate surface area is 198 Å². The molecule has 1 aromatic heterocycles. The van der Waals surface area contributed by atoms with Crippen LogP contribution in [0.25, 0.3) is 10.8 Å². The van der Waals surface area contributed by atoms with Crippen LogP contribution in [0.4, 0.5) is 0 Å². The van der Waals surface area contributed by atoms with E-state index in [9.17, 15) is 19.9 Å². The van der Waals surface area contributed by atoms with E-state index in [0.29, 0.717) is 22.2 Å². The molecular weight excluding hydrogens is 459 g/mol. The number of aliphatic hydroxyl groups excluding tert-OH is 1. The average molecular weight is 486 g/mol. The molecule has 0 aliphatic heterocycles. The number of aryl methyl sites for hydroxylation is 1. The topological polar surface area (TPSA) is 134 Å². The lowest BCUT2D eigenvalue weighted by Gasteiger charge is -2.14. The van der Waals surface area contributed by atoms with Gasteiger partial charge in [-0.25, -0.2) is 4.79 Å². The molecule has 1 heterocycles. The number of rotatable bonds is 9. The minimum atomic E-state index is -2.63. The van der Waals surface area contributed by atoms with Gasteiger partial charge in [0.1, 0.15) is 12.4 Å². The molecule has 1 unspecified atom stereocenters. The molecule has 0 fully saturated rings. The van der Waals surface area contributed by atoms with E-state index in [1.54, 1.807) is 39.0 Å². The number of fused-ring (bicyclic) bond motifs is 1. The SMILES string of the molecule is Cc1ncc(COc2ccc3ccccc3c2O[P+]([O-])=N[C@@H](C)C(=O)OC(C)C)c(CO)c1O. The maximum absolute atomic E-state index is 12.7. The summed E-state index contributed by atoms with van der Waals surface area (Å²) in [6, 6.07) is 9.83. The lowest BCUT2D eigenvalue weighted by Crippen LogP contribution is -2.21. The minimum Gasteiger partial charge on any atom is -0.575 e. The van der Waals surface area contributed by atoms with Crippen molar-refractivity contribution < 1.29 is 33.9 Å². The molecule has 0 saturated carbocycles.